The number of hydrogen-bond acceptors (Lipinski definition) is 1. The Balaban J connectivity index is 0.000000272. The first-order valence-electron chi connectivity index (χ1n) is 6.89. The van der Waals surface area contributed by atoms with E-state index in [4.69, 9.17) is 0 Å². The van der Waals surface area contributed by atoms with Gasteiger partial charge in [0.05, 0.1) is 5.56 Å². The summed E-state index contributed by atoms with van der Waals surface area (Å²) >= 11 is 0. The summed E-state index contributed by atoms with van der Waals surface area (Å²) in [6.45, 7) is 3.52. The average molecular weight is 348 g/mol. The zero-order chi connectivity index (χ0) is 18.4. The van der Waals surface area contributed by atoms with Crippen LogP contribution in [0.1, 0.15) is 30.6 Å². The van der Waals surface area contributed by atoms with Gasteiger partial charge in [-0.05, 0) is 5.92 Å². The SMILES string of the molecule is CC(C)CC(=O)c1c(F)cc(F)cc1F.Fc1cc(F)cc(F)c1. The monoisotopic (exact) mass is 348 g/mol. The molecule has 7 heteroatoms. The van der Waals surface area contributed by atoms with Gasteiger partial charge in [0, 0.05) is 36.8 Å². The fraction of sp³-hybridized carbons (Fsp3) is 0.235. The Labute approximate surface area is 134 Å². The van der Waals surface area contributed by atoms with E-state index in [1.54, 1.807) is 13.8 Å². The average Bonchev–Trinajstić information content (AvgIpc) is 2.34. The van der Waals surface area contributed by atoms with Crippen molar-refractivity contribution in [3.8, 4) is 0 Å². The van der Waals surface area contributed by atoms with Crippen molar-refractivity contribution in [2.75, 3.05) is 0 Å². The van der Waals surface area contributed by atoms with Gasteiger partial charge in [-0.1, -0.05) is 13.8 Å². The highest BCUT2D eigenvalue weighted by molar-refractivity contribution is 5.96. The molecule has 0 saturated heterocycles. The minimum atomic E-state index is -1.14. The van der Waals surface area contributed by atoms with Crippen LogP contribution < -0.4 is 0 Å². The molecule has 24 heavy (non-hydrogen) atoms. The molecule has 0 atom stereocenters. The fourth-order valence-electron chi connectivity index (χ4n) is 1.80. The third kappa shape index (κ3) is 6.06. The predicted molar refractivity (Wildman–Crippen MR) is 76.4 cm³/mol. The number of halogens is 6. The number of hydrogen-bond donors (Lipinski definition) is 0. The maximum absolute atomic E-state index is 13.1. The minimum Gasteiger partial charge on any atom is -0.294 e. The van der Waals surface area contributed by atoms with Crippen molar-refractivity contribution in [1.29, 1.82) is 0 Å². The van der Waals surface area contributed by atoms with Crippen molar-refractivity contribution < 1.29 is 31.1 Å². The standard InChI is InChI=1S/C11H11F3O.C6H3F3/c1-6(2)3-10(15)11-8(13)4-7(12)5-9(11)14;7-4-1-5(8)3-6(9)2-4/h4-6H,3H2,1-2H3;1-3H. The lowest BCUT2D eigenvalue weighted by molar-refractivity contribution is 0.0959. The Bertz CT molecular complexity index is 654. The molecule has 0 heterocycles. The molecule has 0 amide bonds. The lowest BCUT2D eigenvalue weighted by Gasteiger charge is -2.06. The number of benzene rings is 2. The van der Waals surface area contributed by atoms with Crippen LogP contribution in [-0.4, -0.2) is 5.78 Å². The van der Waals surface area contributed by atoms with Crippen LogP contribution in [-0.2, 0) is 0 Å². The molecule has 1 nitrogen and oxygen atoms in total. The predicted octanol–water partition coefficient (Wildman–Crippen LogP) is 5.44. The smallest absolute Gasteiger partial charge is 0.169 e. The summed E-state index contributed by atoms with van der Waals surface area (Å²) in [5, 5.41) is 0. The van der Waals surface area contributed by atoms with Crippen molar-refractivity contribution in [3.05, 3.63) is 70.8 Å². The van der Waals surface area contributed by atoms with Crippen LogP contribution in [0.2, 0.25) is 0 Å². The summed E-state index contributed by atoms with van der Waals surface area (Å²) < 4.78 is 74.6. The van der Waals surface area contributed by atoms with Crippen LogP contribution in [0.3, 0.4) is 0 Å². The van der Waals surface area contributed by atoms with Gasteiger partial charge < -0.3 is 0 Å². The summed E-state index contributed by atoms with van der Waals surface area (Å²) in [6.07, 6.45) is 0.0411. The second-order valence-corrected chi connectivity index (χ2v) is 5.35. The Hall–Kier alpha value is -2.31. The van der Waals surface area contributed by atoms with Crippen LogP contribution in [0.15, 0.2) is 30.3 Å². The quantitative estimate of drug-likeness (QED) is 0.533. The van der Waals surface area contributed by atoms with Crippen LogP contribution in [0, 0.1) is 40.8 Å². The van der Waals surface area contributed by atoms with Crippen LogP contribution in [0.25, 0.3) is 0 Å². The molecule has 0 saturated carbocycles. The largest absolute Gasteiger partial charge is 0.294 e. The summed E-state index contributed by atoms with van der Waals surface area (Å²) in [4.78, 5) is 11.4. The topological polar surface area (TPSA) is 17.1 Å². The van der Waals surface area contributed by atoms with Crippen LogP contribution in [0.5, 0.6) is 0 Å². The van der Waals surface area contributed by atoms with E-state index in [9.17, 15) is 31.1 Å². The van der Waals surface area contributed by atoms with Crippen molar-refractivity contribution in [2.45, 2.75) is 20.3 Å². The molecule has 0 aliphatic heterocycles. The summed E-state index contributed by atoms with van der Waals surface area (Å²) in [5.41, 5.74) is -0.648. The molecule has 0 aromatic heterocycles. The molecule has 0 radical (unpaired) electrons. The first kappa shape index (κ1) is 19.7. The van der Waals surface area contributed by atoms with Crippen molar-refractivity contribution in [2.24, 2.45) is 5.92 Å². The molecule has 0 aliphatic rings. The fourth-order valence-corrected chi connectivity index (χ4v) is 1.80. The van der Waals surface area contributed by atoms with E-state index in [1.165, 1.54) is 0 Å². The van der Waals surface area contributed by atoms with Gasteiger partial charge >= 0.3 is 0 Å². The van der Waals surface area contributed by atoms with E-state index in [0.717, 1.165) is 0 Å². The van der Waals surface area contributed by atoms with E-state index in [0.29, 0.717) is 30.3 Å². The van der Waals surface area contributed by atoms with Gasteiger partial charge in [-0.15, -0.1) is 0 Å². The van der Waals surface area contributed by atoms with Crippen molar-refractivity contribution in [1.82, 2.24) is 0 Å². The highest BCUT2D eigenvalue weighted by Crippen LogP contribution is 2.18. The number of Topliss-reactive ketones (excluding diaryl/α,β-unsaturated/α-hetero) is 1. The zero-order valence-corrected chi connectivity index (χ0v) is 12.8. The summed E-state index contributed by atoms with van der Waals surface area (Å²) in [5.74, 6) is -6.63. The second kappa shape index (κ2) is 8.52. The third-order valence-electron chi connectivity index (χ3n) is 2.71. The molecule has 0 aliphatic carbocycles. The highest BCUT2D eigenvalue weighted by atomic mass is 19.2. The number of rotatable bonds is 3. The molecule has 2 aromatic rings. The van der Waals surface area contributed by atoms with Gasteiger partial charge in [-0.2, -0.15) is 0 Å². The number of carbonyl (C=O) groups is 1. The van der Waals surface area contributed by atoms with Gasteiger partial charge in [-0.3, -0.25) is 4.79 Å². The molecule has 130 valence electrons. The first-order chi connectivity index (χ1) is 11.1. The van der Waals surface area contributed by atoms with Gasteiger partial charge in [0.1, 0.15) is 34.9 Å². The van der Waals surface area contributed by atoms with Gasteiger partial charge in [0.2, 0.25) is 0 Å². The molecule has 2 aromatic carbocycles. The molecule has 0 spiro atoms. The van der Waals surface area contributed by atoms with E-state index < -0.39 is 46.3 Å². The van der Waals surface area contributed by atoms with Gasteiger partial charge in [-0.25, -0.2) is 26.3 Å². The number of carbonyl (C=O) groups excluding carboxylic acids is 1. The van der Waals surface area contributed by atoms with E-state index in [-0.39, 0.29) is 12.3 Å². The van der Waals surface area contributed by atoms with E-state index in [2.05, 4.69) is 0 Å². The third-order valence-corrected chi connectivity index (χ3v) is 2.71. The summed E-state index contributed by atoms with van der Waals surface area (Å²) in [6, 6.07) is 2.86. The Kier molecular flexibility index (Phi) is 7.00. The molecular formula is C17H14F6O. The van der Waals surface area contributed by atoms with Crippen molar-refractivity contribution >= 4 is 5.78 Å². The molecule has 0 fully saturated rings. The lowest BCUT2D eigenvalue weighted by atomic mass is 10.0. The zero-order valence-electron chi connectivity index (χ0n) is 12.8. The Morgan fingerprint density at radius 3 is 1.42 bits per heavy atom. The summed E-state index contributed by atoms with van der Waals surface area (Å²) in [7, 11) is 0. The molecule has 2 rings (SSSR count). The van der Waals surface area contributed by atoms with Gasteiger partial charge in [0.15, 0.2) is 5.78 Å². The second-order valence-electron chi connectivity index (χ2n) is 5.35. The van der Waals surface area contributed by atoms with Crippen LogP contribution >= 0.6 is 0 Å². The maximum atomic E-state index is 13.1. The normalized spacial score (nSPS) is 10.4. The maximum Gasteiger partial charge on any atom is 0.169 e. The highest BCUT2D eigenvalue weighted by Gasteiger charge is 2.19. The molecule has 0 unspecified atom stereocenters. The Morgan fingerprint density at radius 2 is 1.08 bits per heavy atom. The van der Waals surface area contributed by atoms with E-state index >= 15 is 0 Å². The first-order valence-corrected chi connectivity index (χ1v) is 6.89. The van der Waals surface area contributed by atoms with Gasteiger partial charge in [0.25, 0.3) is 0 Å². The minimum absolute atomic E-state index is 0.00125. The lowest BCUT2D eigenvalue weighted by Crippen LogP contribution is -2.09. The van der Waals surface area contributed by atoms with E-state index in [1.807, 2.05) is 0 Å². The van der Waals surface area contributed by atoms with Crippen LogP contribution in [0.4, 0.5) is 26.3 Å². The number of ketones is 1. The molecular weight excluding hydrogens is 334 g/mol. The Morgan fingerprint density at radius 1 is 0.750 bits per heavy atom. The van der Waals surface area contributed by atoms with Crippen molar-refractivity contribution in [3.63, 3.8) is 0 Å². The molecule has 0 N–H and O–H groups in total. The molecule has 0 bridgehead atoms.